The number of hydrogen-bond donors (Lipinski definition) is 3. The Balaban J connectivity index is 2.38. The van der Waals surface area contributed by atoms with Crippen LogP contribution in [0.4, 0.5) is 0 Å². The van der Waals surface area contributed by atoms with Crippen LogP contribution in [0.15, 0.2) is 36.4 Å². The number of aliphatic carboxylic acids is 1. The summed E-state index contributed by atoms with van der Waals surface area (Å²) in [6, 6.07) is 12.0. The number of aryl methyl sites for hydroxylation is 2. The first-order valence-electron chi connectivity index (χ1n) is 12.9. The molecule has 6 nitrogen and oxygen atoms in total. The molecule has 0 radical (unpaired) electrons. The number of amides is 1. The molecule has 1 amide bonds. The van der Waals surface area contributed by atoms with E-state index in [0.717, 1.165) is 41.7 Å². The average Bonchev–Trinajstić information content (AvgIpc) is 2.84. The summed E-state index contributed by atoms with van der Waals surface area (Å²) in [6.45, 7) is 15.9. The van der Waals surface area contributed by atoms with Crippen molar-refractivity contribution in [2.75, 3.05) is 6.54 Å². The van der Waals surface area contributed by atoms with Crippen molar-refractivity contribution in [3.05, 3.63) is 64.2 Å². The molecule has 0 heterocycles. The van der Waals surface area contributed by atoms with E-state index in [1.165, 1.54) is 5.56 Å². The van der Waals surface area contributed by atoms with E-state index in [1.54, 1.807) is 6.07 Å². The molecule has 0 aliphatic heterocycles. The second-order valence-electron chi connectivity index (χ2n) is 10.5. The molecule has 0 fully saturated rings. The summed E-state index contributed by atoms with van der Waals surface area (Å²) in [5.41, 5.74) is 4.08. The Kier molecular flexibility index (Phi) is 9.72. The van der Waals surface area contributed by atoms with Crippen LogP contribution in [-0.2, 0) is 10.2 Å². The number of aliphatic hydroxyl groups excluding tert-OH is 1. The van der Waals surface area contributed by atoms with Crippen LogP contribution in [0, 0.1) is 19.3 Å². The minimum Gasteiger partial charge on any atom is -0.488 e. The molecule has 0 aromatic heterocycles. The van der Waals surface area contributed by atoms with Gasteiger partial charge in [0.2, 0.25) is 0 Å². The molecule has 36 heavy (non-hydrogen) atoms. The SMILES string of the molecule is CCC(CC)(c1ccc(OC(C)C(O)C(C)(C)CC)c(C)c1)c1ccc(C(=O)NCC(=O)O)c(C)c1. The van der Waals surface area contributed by atoms with Crippen molar-refractivity contribution in [1.82, 2.24) is 5.32 Å². The third-order valence-electron chi connectivity index (χ3n) is 7.83. The van der Waals surface area contributed by atoms with Gasteiger partial charge in [0.15, 0.2) is 0 Å². The van der Waals surface area contributed by atoms with E-state index in [2.05, 4.69) is 38.2 Å². The van der Waals surface area contributed by atoms with Crippen LogP contribution in [0.25, 0.3) is 0 Å². The van der Waals surface area contributed by atoms with E-state index in [-0.39, 0.29) is 22.8 Å². The van der Waals surface area contributed by atoms with Crippen molar-refractivity contribution in [3.63, 3.8) is 0 Å². The molecule has 2 atom stereocenters. The van der Waals surface area contributed by atoms with Crippen LogP contribution >= 0.6 is 0 Å². The number of ether oxygens (including phenoxy) is 1. The number of aliphatic hydroxyl groups is 1. The molecule has 2 unspecified atom stereocenters. The monoisotopic (exact) mass is 497 g/mol. The zero-order chi connectivity index (χ0) is 27.3. The first-order chi connectivity index (χ1) is 16.8. The second kappa shape index (κ2) is 11.9. The lowest BCUT2D eigenvalue weighted by molar-refractivity contribution is -0.135. The molecule has 3 N–H and O–H groups in total. The van der Waals surface area contributed by atoms with Gasteiger partial charge in [-0.05, 0) is 79.8 Å². The van der Waals surface area contributed by atoms with E-state index >= 15 is 0 Å². The summed E-state index contributed by atoms with van der Waals surface area (Å²) < 4.78 is 6.20. The summed E-state index contributed by atoms with van der Waals surface area (Å²) in [5, 5.41) is 22.1. The van der Waals surface area contributed by atoms with Crippen molar-refractivity contribution >= 4 is 11.9 Å². The van der Waals surface area contributed by atoms with Crippen LogP contribution in [0.1, 0.15) is 93.4 Å². The maximum atomic E-state index is 12.4. The number of carbonyl (C=O) groups is 2. The third-order valence-corrected chi connectivity index (χ3v) is 7.83. The molecule has 198 valence electrons. The van der Waals surface area contributed by atoms with Crippen molar-refractivity contribution < 1.29 is 24.5 Å². The molecule has 0 spiro atoms. The van der Waals surface area contributed by atoms with Gasteiger partial charge in [-0.1, -0.05) is 58.9 Å². The number of nitrogens with one attached hydrogen (secondary N) is 1. The summed E-state index contributed by atoms with van der Waals surface area (Å²) in [5.74, 6) is -0.700. The highest BCUT2D eigenvalue weighted by Gasteiger charge is 2.34. The molecule has 0 aliphatic carbocycles. The predicted octanol–water partition coefficient (Wildman–Crippen LogP) is 5.79. The molecule has 2 aromatic rings. The van der Waals surface area contributed by atoms with Gasteiger partial charge in [0, 0.05) is 11.0 Å². The molecule has 0 aliphatic rings. The number of carbonyl (C=O) groups excluding carboxylic acids is 1. The van der Waals surface area contributed by atoms with Crippen molar-refractivity contribution in [2.24, 2.45) is 5.41 Å². The summed E-state index contributed by atoms with van der Waals surface area (Å²) in [7, 11) is 0. The Morgan fingerprint density at radius 1 is 0.944 bits per heavy atom. The lowest BCUT2D eigenvalue weighted by Gasteiger charge is -2.35. The van der Waals surface area contributed by atoms with Gasteiger partial charge in [0.1, 0.15) is 18.4 Å². The Morgan fingerprint density at radius 2 is 1.50 bits per heavy atom. The fraction of sp³-hybridized carbons (Fsp3) is 0.533. The lowest BCUT2D eigenvalue weighted by atomic mass is 9.70. The largest absolute Gasteiger partial charge is 0.488 e. The Hall–Kier alpha value is -2.86. The molecule has 6 heteroatoms. The van der Waals surface area contributed by atoms with Gasteiger partial charge in [-0.25, -0.2) is 0 Å². The Bertz CT molecular complexity index is 1070. The zero-order valence-electron chi connectivity index (χ0n) is 23.1. The minimum atomic E-state index is -1.07. The van der Waals surface area contributed by atoms with E-state index in [4.69, 9.17) is 9.84 Å². The van der Waals surface area contributed by atoms with Crippen LogP contribution in [0.3, 0.4) is 0 Å². The normalized spacial score (nSPS) is 13.7. The van der Waals surface area contributed by atoms with E-state index in [1.807, 2.05) is 52.8 Å². The molecule has 2 aromatic carbocycles. The van der Waals surface area contributed by atoms with Crippen LogP contribution in [0.5, 0.6) is 5.75 Å². The van der Waals surface area contributed by atoms with E-state index in [0.29, 0.717) is 5.56 Å². The zero-order valence-corrected chi connectivity index (χ0v) is 23.1. The average molecular weight is 498 g/mol. The predicted molar refractivity (Wildman–Crippen MR) is 144 cm³/mol. The fourth-order valence-electron chi connectivity index (χ4n) is 4.89. The third kappa shape index (κ3) is 6.28. The standard InChI is InChI=1S/C30H43NO5/c1-9-29(7,8)27(34)21(6)36-25-15-13-23(17-20(25)5)30(10-2,11-3)22-12-14-24(19(4)16-22)28(35)31-18-26(32)33/h12-17,21,27,34H,9-11,18H2,1-8H3,(H,31,35)(H,32,33). The maximum absolute atomic E-state index is 12.4. The second-order valence-corrected chi connectivity index (χ2v) is 10.5. The number of carboxylic acids is 1. The van der Waals surface area contributed by atoms with Crippen molar-refractivity contribution in [1.29, 1.82) is 0 Å². The Morgan fingerprint density at radius 3 is 1.97 bits per heavy atom. The fourth-order valence-corrected chi connectivity index (χ4v) is 4.89. The van der Waals surface area contributed by atoms with E-state index < -0.39 is 18.6 Å². The maximum Gasteiger partial charge on any atom is 0.322 e. The Labute approximate surface area is 216 Å². The van der Waals surface area contributed by atoms with Gasteiger partial charge >= 0.3 is 5.97 Å². The molecule has 0 bridgehead atoms. The molecule has 0 saturated heterocycles. The van der Waals surface area contributed by atoms with Gasteiger partial charge in [0.25, 0.3) is 5.91 Å². The van der Waals surface area contributed by atoms with Gasteiger partial charge < -0.3 is 20.3 Å². The van der Waals surface area contributed by atoms with Gasteiger partial charge in [-0.2, -0.15) is 0 Å². The van der Waals surface area contributed by atoms with Crippen LogP contribution < -0.4 is 10.1 Å². The number of hydrogen-bond acceptors (Lipinski definition) is 4. The number of rotatable bonds is 12. The topological polar surface area (TPSA) is 95.9 Å². The van der Waals surface area contributed by atoms with Crippen molar-refractivity contribution in [3.8, 4) is 5.75 Å². The molecular formula is C30H43NO5. The number of carboxylic acid groups (broad SMARTS) is 1. The highest BCUT2D eigenvalue weighted by Crippen LogP contribution is 2.41. The van der Waals surface area contributed by atoms with E-state index in [9.17, 15) is 14.7 Å². The van der Waals surface area contributed by atoms with Crippen LogP contribution in [-0.4, -0.2) is 40.8 Å². The van der Waals surface area contributed by atoms with Gasteiger partial charge in [-0.15, -0.1) is 0 Å². The highest BCUT2D eigenvalue weighted by molar-refractivity contribution is 5.97. The number of benzene rings is 2. The molecule has 0 saturated carbocycles. The smallest absolute Gasteiger partial charge is 0.322 e. The molecule has 2 rings (SSSR count). The van der Waals surface area contributed by atoms with Gasteiger partial charge in [0.05, 0.1) is 6.10 Å². The van der Waals surface area contributed by atoms with Gasteiger partial charge in [-0.3, -0.25) is 9.59 Å². The highest BCUT2D eigenvalue weighted by atomic mass is 16.5. The van der Waals surface area contributed by atoms with Crippen LogP contribution in [0.2, 0.25) is 0 Å². The lowest BCUT2D eigenvalue weighted by Crippen LogP contribution is -2.40. The first kappa shape index (κ1) is 29.4. The first-order valence-corrected chi connectivity index (χ1v) is 12.9. The quantitative estimate of drug-likeness (QED) is 0.345. The molecular weight excluding hydrogens is 454 g/mol. The summed E-state index contributed by atoms with van der Waals surface area (Å²) in [6.07, 6.45) is 1.67. The summed E-state index contributed by atoms with van der Waals surface area (Å²) in [4.78, 5) is 23.2. The summed E-state index contributed by atoms with van der Waals surface area (Å²) >= 11 is 0. The van der Waals surface area contributed by atoms with Crippen molar-refractivity contribution in [2.45, 2.75) is 92.3 Å². The minimum absolute atomic E-state index is 0.235.